The molecular weight excluding hydrogens is 458 g/mol. The molecule has 0 fully saturated rings. The summed E-state index contributed by atoms with van der Waals surface area (Å²) in [6.07, 6.45) is 0. The Morgan fingerprint density at radius 2 is 1.88 bits per heavy atom. The minimum atomic E-state index is -0.216. The van der Waals surface area contributed by atoms with Crippen LogP contribution in [0.1, 0.15) is 61.1 Å². The Labute approximate surface area is 205 Å². The van der Waals surface area contributed by atoms with Crippen LogP contribution in [0.25, 0.3) is 0 Å². The van der Waals surface area contributed by atoms with Crippen molar-refractivity contribution in [3.05, 3.63) is 76.2 Å². The van der Waals surface area contributed by atoms with Crippen LogP contribution in [0.4, 0.5) is 0 Å². The van der Waals surface area contributed by atoms with Crippen LogP contribution in [-0.4, -0.2) is 39.8 Å². The SMILES string of the molecule is CC.CON(C)C(=O)c1ccc(Cn2c(CO)nc(C(C)C)c2Sc2cccc(Cl)c2)cc1. The molecule has 0 aliphatic rings. The van der Waals surface area contributed by atoms with Gasteiger partial charge in [0.05, 0.1) is 12.8 Å². The lowest BCUT2D eigenvalue weighted by molar-refractivity contribution is -0.0756. The first kappa shape index (κ1) is 26.9. The Kier molecular flexibility index (Phi) is 10.4. The van der Waals surface area contributed by atoms with Gasteiger partial charge in [0.2, 0.25) is 0 Å². The van der Waals surface area contributed by atoms with Crippen LogP contribution in [0.2, 0.25) is 5.02 Å². The number of halogens is 1. The van der Waals surface area contributed by atoms with Gasteiger partial charge in [0, 0.05) is 29.1 Å². The second-order valence-corrected chi connectivity index (χ2v) is 8.86. The van der Waals surface area contributed by atoms with E-state index in [0.717, 1.165) is 21.2 Å². The first-order chi connectivity index (χ1) is 15.8. The van der Waals surface area contributed by atoms with E-state index < -0.39 is 0 Å². The summed E-state index contributed by atoms with van der Waals surface area (Å²) >= 11 is 7.75. The molecule has 0 aliphatic heterocycles. The molecule has 6 nitrogen and oxygen atoms in total. The molecule has 0 unspecified atom stereocenters. The fourth-order valence-corrected chi connectivity index (χ4v) is 4.59. The number of aromatic nitrogens is 2. The molecule has 0 bridgehead atoms. The van der Waals surface area contributed by atoms with Crippen molar-refractivity contribution in [2.45, 2.75) is 56.7 Å². The van der Waals surface area contributed by atoms with E-state index in [2.05, 4.69) is 13.8 Å². The minimum Gasteiger partial charge on any atom is -0.388 e. The lowest BCUT2D eigenvalue weighted by Gasteiger charge is -2.15. The molecule has 0 saturated heterocycles. The summed E-state index contributed by atoms with van der Waals surface area (Å²) in [5, 5.41) is 12.8. The van der Waals surface area contributed by atoms with E-state index in [4.69, 9.17) is 21.4 Å². The maximum Gasteiger partial charge on any atom is 0.277 e. The van der Waals surface area contributed by atoms with Crippen molar-refractivity contribution in [2.24, 2.45) is 0 Å². The average Bonchev–Trinajstić information content (AvgIpc) is 3.17. The van der Waals surface area contributed by atoms with E-state index in [1.54, 1.807) is 30.9 Å². The Morgan fingerprint density at radius 1 is 1.21 bits per heavy atom. The van der Waals surface area contributed by atoms with Gasteiger partial charge in [-0.25, -0.2) is 10.0 Å². The van der Waals surface area contributed by atoms with Gasteiger partial charge in [0.15, 0.2) is 0 Å². The number of aliphatic hydroxyl groups excluding tert-OH is 1. The average molecular weight is 490 g/mol. The lowest BCUT2D eigenvalue weighted by atomic mass is 10.1. The maximum atomic E-state index is 12.2. The Hall–Kier alpha value is -2.32. The van der Waals surface area contributed by atoms with E-state index in [-0.39, 0.29) is 18.4 Å². The highest BCUT2D eigenvalue weighted by Gasteiger charge is 2.21. The molecule has 3 aromatic rings. The fraction of sp³-hybridized carbons (Fsp3) is 0.360. The number of hydroxylamine groups is 2. The van der Waals surface area contributed by atoms with Crippen molar-refractivity contribution in [3.8, 4) is 0 Å². The first-order valence-electron chi connectivity index (χ1n) is 10.9. The summed E-state index contributed by atoms with van der Waals surface area (Å²) in [6.45, 7) is 8.53. The standard InChI is InChI=1S/C23H26ClN3O3S.C2H6/c1-15(2)21-23(31-19-7-5-6-18(24)12-19)27(20(14-28)25-21)13-16-8-10-17(11-9-16)22(29)26(3)30-4;1-2/h5-12,15,28H,13-14H2,1-4H3;1-2H3. The van der Waals surface area contributed by atoms with Gasteiger partial charge in [-0.15, -0.1) is 0 Å². The molecule has 0 spiro atoms. The largest absolute Gasteiger partial charge is 0.388 e. The van der Waals surface area contributed by atoms with Gasteiger partial charge in [0.1, 0.15) is 17.5 Å². The van der Waals surface area contributed by atoms with Gasteiger partial charge in [-0.3, -0.25) is 9.63 Å². The third-order valence-corrected chi connectivity index (χ3v) is 6.17. The molecule has 1 amide bonds. The summed E-state index contributed by atoms with van der Waals surface area (Å²) in [4.78, 5) is 22.9. The molecule has 2 aromatic carbocycles. The molecular formula is C25H32ClN3O3S. The number of amides is 1. The highest BCUT2D eigenvalue weighted by molar-refractivity contribution is 7.99. The number of nitrogens with zero attached hydrogens (tertiary/aromatic N) is 3. The van der Waals surface area contributed by atoms with Gasteiger partial charge in [-0.05, 0) is 41.8 Å². The Balaban J connectivity index is 0.00000187. The van der Waals surface area contributed by atoms with Crippen LogP contribution in [0.3, 0.4) is 0 Å². The van der Waals surface area contributed by atoms with Crippen molar-refractivity contribution in [1.82, 2.24) is 14.6 Å². The third-order valence-electron chi connectivity index (χ3n) is 4.83. The minimum absolute atomic E-state index is 0.162. The van der Waals surface area contributed by atoms with Crippen LogP contribution in [0.5, 0.6) is 0 Å². The van der Waals surface area contributed by atoms with Crippen LogP contribution >= 0.6 is 23.4 Å². The highest BCUT2D eigenvalue weighted by atomic mass is 35.5. The normalized spacial score (nSPS) is 10.7. The predicted octanol–water partition coefficient (Wildman–Crippen LogP) is 6.01. The maximum absolute atomic E-state index is 12.2. The topological polar surface area (TPSA) is 67.6 Å². The van der Waals surface area contributed by atoms with Gasteiger partial charge in [-0.1, -0.05) is 69.3 Å². The van der Waals surface area contributed by atoms with Crippen molar-refractivity contribution in [2.75, 3.05) is 14.2 Å². The molecule has 178 valence electrons. The number of imidazole rings is 1. The molecule has 0 saturated carbocycles. The molecule has 3 rings (SSSR count). The van der Waals surface area contributed by atoms with Crippen molar-refractivity contribution < 1.29 is 14.7 Å². The lowest BCUT2D eigenvalue weighted by Crippen LogP contribution is -2.25. The van der Waals surface area contributed by atoms with E-state index >= 15 is 0 Å². The van der Waals surface area contributed by atoms with Crippen molar-refractivity contribution in [1.29, 1.82) is 0 Å². The molecule has 1 heterocycles. The smallest absolute Gasteiger partial charge is 0.277 e. The fourth-order valence-electron chi connectivity index (χ4n) is 3.11. The summed E-state index contributed by atoms with van der Waals surface area (Å²) in [5.41, 5.74) is 2.46. The van der Waals surface area contributed by atoms with E-state index in [1.807, 2.05) is 54.8 Å². The van der Waals surface area contributed by atoms with E-state index in [9.17, 15) is 9.90 Å². The van der Waals surface area contributed by atoms with Crippen LogP contribution in [-0.2, 0) is 18.0 Å². The molecule has 0 aliphatic carbocycles. The van der Waals surface area contributed by atoms with Crippen molar-refractivity contribution >= 4 is 29.3 Å². The molecule has 33 heavy (non-hydrogen) atoms. The number of aliphatic hydroxyl groups is 1. The molecule has 1 N–H and O–H groups in total. The molecule has 0 radical (unpaired) electrons. The van der Waals surface area contributed by atoms with E-state index in [1.165, 1.54) is 12.2 Å². The van der Waals surface area contributed by atoms with Crippen molar-refractivity contribution in [3.63, 3.8) is 0 Å². The summed E-state index contributed by atoms with van der Waals surface area (Å²) in [6, 6.07) is 15.0. The third kappa shape index (κ3) is 6.84. The van der Waals surface area contributed by atoms with Gasteiger partial charge in [-0.2, -0.15) is 0 Å². The van der Waals surface area contributed by atoms with E-state index in [0.29, 0.717) is 23.0 Å². The number of carbonyl (C=O) groups is 1. The second-order valence-electron chi connectivity index (χ2n) is 7.36. The highest BCUT2D eigenvalue weighted by Crippen LogP contribution is 2.36. The predicted molar refractivity (Wildman–Crippen MR) is 134 cm³/mol. The second kappa shape index (κ2) is 12.8. The zero-order chi connectivity index (χ0) is 24.5. The Bertz CT molecular complexity index is 1050. The van der Waals surface area contributed by atoms with Gasteiger partial charge in [0.25, 0.3) is 5.91 Å². The van der Waals surface area contributed by atoms with Crippen LogP contribution in [0.15, 0.2) is 58.5 Å². The van der Waals surface area contributed by atoms with Crippen LogP contribution in [0, 0.1) is 0 Å². The number of hydrogen-bond acceptors (Lipinski definition) is 5. The molecule has 0 atom stereocenters. The van der Waals surface area contributed by atoms with Crippen LogP contribution < -0.4 is 0 Å². The number of rotatable bonds is 8. The molecule has 8 heteroatoms. The number of hydrogen-bond donors (Lipinski definition) is 1. The van der Waals surface area contributed by atoms with Gasteiger partial charge >= 0.3 is 0 Å². The summed E-state index contributed by atoms with van der Waals surface area (Å²) < 4.78 is 2.03. The number of benzene rings is 2. The summed E-state index contributed by atoms with van der Waals surface area (Å²) in [7, 11) is 3.02. The first-order valence-corrected chi connectivity index (χ1v) is 12.1. The zero-order valence-electron chi connectivity index (χ0n) is 20.0. The molecule has 1 aromatic heterocycles. The Morgan fingerprint density at radius 3 is 2.42 bits per heavy atom. The zero-order valence-corrected chi connectivity index (χ0v) is 21.6. The number of carbonyl (C=O) groups excluding carboxylic acids is 1. The summed E-state index contributed by atoms with van der Waals surface area (Å²) in [5.74, 6) is 0.581. The van der Waals surface area contributed by atoms with Gasteiger partial charge < -0.3 is 9.67 Å². The quantitative estimate of drug-likeness (QED) is 0.392. The monoisotopic (exact) mass is 489 g/mol.